The third-order valence-corrected chi connectivity index (χ3v) is 6.08. The Balaban J connectivity index is 1.11. The Bertz CT molecular complexity index is 1530. The summed E-state index contributed by atoms with van der Waals surface area (Å²) in [6, 6.07) is 25.0. The van der Waals surface area contributed by atoms with Crippen molar-refractivity contribution in [1.29, 1.82) is 0 Å². The van der Waals surface area contributed by atoms with Gasteiger partial charge in [0.05, 0.1) is 22.6 Å². The van der Waals surface area contributed by atoms with Gasteiger partial charge in [0.25, 0.3) is 17.7 Å². The lowest BCUT2D eigenvalue weighted by Crippen LogP contribution is -2.37. The molecule has 0 radical (unpaired) electrons. The topological polar surface area (TPSA) is 100 Å². The number of halogens is 1. The van der Waals surface area contributed by atoms with E-state index in [1.54, 1.807) is 54.6 Å². The van der Waals surface area contributed by atoms with E-state index in [0.29, 0.717) is 33.3 Å². The zero-order valence-electron chi connectivity index (χ0n) is 19.5. The number of hydrogen-bond donors (Lipinski definition) is 2. The second-order valence-corrected chi connectivity index (χ2v) is 8.66. The number of para-hydroxylation sites is 1. The zero-order valence-corrected chi connectivity index (χ0v) is 20.2. The van der Waals surface area contributed by atoms with Gasteiger partial charge in [-0.3, -0.25) is 19.3 Å². The van der Waals surface area contributed by atoms with E-state index < -0.39 is 5.91 Å². The summed E-state index contributed by atoms with van der Waals surface area (Å²) in [7, 11) is 0. The van der Waals surface area contributed by atoms with Crippen LogP contribution < -0.4 is 20.4 Å². The van der Waals surface area contributed by atoms with Crippen LogP contribution in [0.2, 0.25) is 5.02 Å². The largest absolute Gasteiger partial charge is 0.484 e. The molecule has 9 heteroatoms. The number of hydrogen-bond acceptors (Lipinski definition) is 5. The highest BCUT2D eigenvalue weighted by Gasteiger charge is 2.30. The molecule has 37 heavy (non-hydrogen) atoms. The van der Waals surface area contributed by atoms with Crippen LogP contribution in [0.3, 0.4) is 0 Å². The predicted molar refractivity (Wildman–Crippen MR) is 143 cm³/mol. The molecule has 5 rings (SSSR count). The van der Waals surface area contributed by atoms with Gasteiger partial charge in [0.15, 0.2) is 6.61 Å². The van der Waals surface area contributed by atoms with Crippen LogP contribution >= 0.6 is 11.6 Å². The van der Waals surface area contributed by atoms with Crippen LogP contribution in [0.25, 0.3) is 10.8 Å². The first-order chi connectivity index (χ1) is 18.0. The normalized spacial score (nSPS) is 12.2. The van der Waals surface area contributed by atoms with Crippen molar-refractivity contribution in [1.82, 2.24) is 5.43 Å². The highest BCUT2D eigenvalue weighted by molar-refractivity contribution is 6.33. The number of anilines is 2. The fourth-order valence-electron chi connectivity index (χ4n) is 4.04. The van der Waals surface area contributed by atoms with Crippen molar-refractivity contribution < 1.29 is 19.1 Å². The minimum atomic E-state index is -0.418. The molecule has 1 aliphatic heterocycles. The molecular formula is C28H21ClN4O4. The average Bonchev–Trinajstić information content (AvgIpc) is 3.17. The van der Waals surface area contributed by atoms with Gasteiger partial charge in [-0.15, -0.1) is 0 Å². The van der Waals surface area contributed by atoms with Gasteiger partial charge >= 0.3 is 0 Å². The van der Waals surface area contributed by atoms with Gasteiger partial charge in [-0.2, -0.15) is 5.10 Å². The molecule has 0 aliphatic carbocycles. The second kappa shape index (κ2) is 10.5. The van der Waals surface area contributed by atoms with Crippen molar-refractivity contribution >= 4 is 57.7 Å². The van der Waals surface area contributed by atoms with Crippen molar-refractivity contribution in [3.05, 3.63) is 101 Å². The van der Waals surface area contributed by atoms with Gasteiger partial charge in [-0.05, 0) is 59.5 Å². The first-order valence-electron chi connectivity index (χ1n) is 11.4. The van der Waals surface area contributed by atoms with E-state index in [-0.39, 0.29) is 25.0 Å². The molecule has 4 aromatic rings. The van der Waals surface area contributed by atoms with Gasteiger partial charge in [-0.1, -0.05) is 48.0 Å². The van der Waals surface area contributed by atoms with Gasteiger partial charge in [-0.25, -0.2) is 5.43 Å². The number of carbonyl (C=O) groups is 3. The number of nitrogens with one attached hydrogen (secondary N) is 2. The molecule has 2 N–H and O–H groups in total. The minimum absolute atomic E-state index is 0.146. The fraction of sp³-hybridized carbons (Fsp3) is 0.0714. The fourth-order valence-corrected chi connectivity index (χ4v) is 4.22. The molecule has 0 saturated carbocycles. The van der Waals surface area contributed by atoms with Gasteiger partial charge in [0.1, 0.15) is 12.3 Å². The number of nitrogens with zero attached hydrogens (tertiary/aromatic N) is 2. The molecule has 0 spiro atoms. The molecule has 0 bridgehead atoms. The quantitative estimate of drug-likeness (QED) is 0.266. The molecule has 0 saturated heterocycles. The van der Waals surface area contributed by atoms with E-state index in [4.69, 9.17) is 16.3 Å². The van der Waals surface area contributed by atoms with E-state index in [1.807, 2.05) is 30.3 Å². The average molecular weight is 513 g/mol. The third kappa shape index (κ3) is 5.29. The number of benzene rings is 4. The highest BCUT2D eigenvalue weighted by atomic mass is 35.5. The number of carbonyl (C=O) groups excluding carboxylic acids is 3. The molecular weight excluding hydrogens is 492 g/mol. The smallest absolute Gasteiger partial charge is 0.262 e. The Hall–Kier alpha value is -4.69. The summed E-state index contributed by atoms with van der Waals surface area (Å²) in [6.07, 6.45) is 1.48. The number of rotatable bonds is 8. The Morgan fingerprint density at radius 3 is 2.46 bits per heavy atom. The van der Waals surface area contributed by atoms with Crippen LogP contribution in [0.4, 0.5) is 11.4 Å². The van der Waals surface area contributed by atoms with Crippen molar-refractivity contribution in [2.45, 2.75) is 0 Å². The lowest BCUT2D eigenvalue weighted by atomic mass is 10.1. The monoisotopic (exact) mass is 512 g/mol. The van der Waals surface area contributed by atoms with Crippen molar-refractivity contribution in [2.24, 2.45) is 5.10 Å². The number of hydrazone groups is 1. The summed E-state index contributed by atoms with van der Waals surface area (Å²) in [5, 5.41) is 8.93. The highest BCUT2D eigenvalue weighted by Crippen LogP contribution is 2.36. The molecule has 0 unspecified atom stereocenters. The molecule has 0 fully saturated rings. The second-order valence-electron chi connectivity index (χ2n) is 8.25. The lowest BCUT2D eigenvalue weighted by Gasteiger charge is -2.16. The van der Waals surface area contributed by atoms with E-state index >= 15 is 0 Å². The summed E-state index contributed by atoms with van der Waals surface area (Å²) in [5.74, 6) is -0.463. The van der Waals surface area contributed by atoms with Crippen LogP contribution in [0, 0.1) is 0 Å². The van der Waals surface area contributed by atoms with E-state index in [2.05, 4.69) is 15.8 Å². The van der Waals surface area contributed by atoms with Gasteiger partial charge in [0, 0.05) is 10.9 Å². The Kier molecular flexibility index (Phi) is 6.83. The van der Waals surface area contributed by atoms with Crippen molar-refractivity contribution in [2.75, 3.05) is 23.4 Å². The summed E-state index contributed by atoms with van der Waals surface area (Å²) < 4.78 is 5.51. The molecule has 4 aromatic carbocycles. The van der Waals surface area contributed by atoms with Crippen LogP contribution in [0.15, 0.2) is 90.0 Å². The lowest BCUT2D eigenvalue weighted by molar-refractivity contribution is -0.120. The maximum atomic E-state index is 12.8. The summed E-state index contributed by atoms with van der Waals surface area (Å²) in [5.41, 5.74) is 4.99. The van der Waals surface area contributed by atoms with E-state index in [0.717, 1.165) is 10.8 Å². The van der Waals surface area contributed by atoms with Crippen LogP contribution in [-0.4, -0.2) is 37.1 Å². The van der Waals surface area contributed by atoms with Crippen LogP contribution in [0.5, 0.6) is 5.75 Å². The Morgan fingerprint density at radius 1 is 0.919 bits per heavy atom. The van der Waals surface area contributed by atoms with E-state index in [1.165, 1.54) is 11.1 Å². The molecule has 8 nitrogen and oxygen atoms in total. The van der Waals surface area contributed by atoms with Crippen molar-refractivity contribution in [3.8, 4) is 5.75 Å². The van der Waals surface area contributed by atoms with Gasteiger partial charge < -0.3 is 10.1 Å². The molecule has 1 aliphatic rings. The number of amides is 3. The predicted octanol–water partition coefficient (Wildman–Crippen LogP) is 4.62. The first kappa shape index (κ1) is 24.0. The van der Waals surface area contributed by atoms with Gasteiger partial charge in [0.2, 0.25) is 0 Å². The number of ether oxygens (including phenoxy) is 1. The SMILES string of the molecule is O=C(CN1C(=O)c2cccc3cccc1c23)N/N=C\c1ccc(OCC(=O)Nc2ccccc2Cl)cc1. The maximum Gasteiger partial charge on any atom is 0.262 e. The molecule has 1 heterocycles. The first-order valence-corrected chi connectivity index (χ1v) is 11.8. The molecule has 0 aromatic heterocycles. The van der Waals surface area contributed by atoms with Crippen LogP contribution in [-0.2, 0) is 9.59 Å². The summed E-state index contributed by atoms with van der Waals surface area (Å²) in [4.78, 5) is 38.8. The Labute approximate surface area is 217 Å². The standard InChI is InChI=1S/C28H21ClN4O4/c29-22-8-1-2-9-23(22)31-26(35)17-37-20-13-11-18(12-14-20)15-30-32-25(34)16-33-24-10-4-6-19-5-3-7-21(27(19)24)28(33)36/h1-15H,16-17H2,(H,31,35)(H,32,34)/b30-15-. The zero-order chi connectivity index (χ0) is 25.8. The minimum Gasteiger partial charge on any atom is -0.484 e. The van der Waals surface area contributed by atoms with E-state index in [9.17, 15) is 14.4 Å². The third-order valence-electron chi connectivity index (χ3n) is 5.75. The Morgan fingerprint density at radius 2 is 1.68 bits per heavy atom. The molecule has 0 atom stereocenters. The molecule has 3 amide bonds. The van der Waals surface area contributed by atoms with Crippen LogP contribution in [0.1, 0.15) is 15.9 Å². The summed E-state index contributed by atoms with van der Waals surface area (Å²) in [6.45, 7) is -0.325. The van der Waals surface area contributed by atoms with Crippen molar-refractivity contribution in [3.63, 3.8) is 0 Å². The molecule has 184 valence electrons. The maximum absolute atomic E-state index is 12.8. The summed E-state index contributed by atoms with van der Waals surface area (Å²) >= 11 is 6.04.